The Bertz CT molecular complexity index is 750. The van der Waals surface area contributed by atoms with Crippen LogP contribution in [-0.2, 0) is 4.79 Å². The summed E-state index contributed by atoms with van der Waals surface area (Å²) < 4.78 is 5.73. The van der Waals surface area contributed by atoms with E-state index >= 15 is 0 Å². The first-order valence-corrected chi connectivity index (χ1v) is 8.35. The molecule has 0 aliphatic rings. The molecule has 0 heterocycles. The lowest BCUT2D eigenvalue weighted by Gasteiger charge is -2.18. The van der Waals surface area contributed by atoms with E-state index < -0.39 is 0 Å². The van der Waals surface area contributed by atoms with Gasteiger partial charge in [-0.1, -0.05) is 29.8 Å². The molecule has 2 aromatic rings. The zero-order valence-electron chi connectivity index (χ0n) is 15.5. The highest BCUT2D eigenvalue weighted by Gasteiger charge is 2.13. The number of ether oxygens (including phenoxy) is 1. The highest BCUT2D eigenvalue weighted by molar-refractivity contribution is 5.78. The molecule has 0 radical (unpaired) electrons. The summed E-state index contributed by atoms with van der Waals surface area (Å²) in [6.45, 7) is 12.3. The lowest BCUT2D eigenvalue weighted by molar-refractivity contribution is -0.123. The van der Waals surface area contributed by atoms with Gasteiger partial charge < -0.3 is 10.1 Å². The van der Waals surface area contributed by atoms with E-state index in [-0.39, 0.29) is 18.6 Å². The number of carbonyl (C=O) groups is 1. The molecule has 0 saturated carbocycles. The van der Waals surface area contributed by atoms with Gasteiger partial charge in [-0.25, -0.2) is 0 Å². The first-order chi connectivity index (χ1) is 11.3. The van der Waals surface area contributed by atoms with Gasteiger partial charge >= 0.3 is 0 Å². The Labute approximate surface area is 145 Å². The van der Waals surface area contributed by atoms with Crippen LogP contribution in [0.3, 0.4) is 0 Å². The van der Waals surface area contributed by atoms with Crippen molar-refractivity contribution >= 4 is 5.91 Å². The number of carbonyl (C=O) groups excluding carboxylic acids is 1. The summed E-state index contributed by atoms with van der Waals surface area (Å²) in [5.41, 5.74) is 6.94. The second-order valence-corrected chi connectivity index (χ2v) is 6.64. The zero-order chi connectivity index (χ0) is 17.9. The van der Waals surface area contributed by atoms with Gasteiger partial charge in [0.15, 0.2) is 6.61 Å². The second kappa shape index (κ2) is 7.52. The van der Waals surface area contributed by atoms with Crippen LogP contribution in [0.5, 0.6) is 5.75 Å². The Morgan fingerprint density at radius 3 is 2.33 bits per heavy atom. The molecule has 0 aliphatic heterocycles. The monoisotopic (exact) mass is 325 g/mol. The highest BCUT2D eigenvalue weighted by Crippen LogP contribution is 2.23. The van der Waals surface area contributed by atoms with Gasteiger partial charge in [0, 0.05) is 0 Å². The molecule has 3 heteroatoms. The number of rotatable bonds is 5. The molecule has 2 rings (SSSR count). The third kappa shape index (κ3) is 4.38. The van der Waals surface area contributed by atoms with Crippen LogP contribution in [0.1, 0.15) is 46.3 Å². The summed E-state index contributed by atoms with van der Waals surface area (Å²) in [7, 11) is 0. The maximum atomic E-state index is 12.2. The van der Waals surface area contributed by atoms with Crippen LogP contribution < -0.4 is 10.1 Å². The van der Waals surface area contributed by atoms with Crippen molar-refractivity contribution in [2.75, 3.05) is 6.61 Å². The molecule has 0 bridgehead atoms. The van der Waals surface area contributed by atoms with E-state index in [0.29, 0.717) is 0 Å². The summed E-state index contributed by atoms with van der Waals surface area (Å²) in [6.07, 6.45) is 0. The van der Waals surface area contributed by atoms with Crippen LogP contribution in [0.4, 0.5) is 0 Å². The average molecular weight is 325 g/mol. The fourth-order valence-corrected chi connectivity index (χ4v) is 2.97. The van der Waals surface area contributed by atoms with E-state index in [0.717, 1.165) is 22.4 Å². The van der Waals surface area contributed by atoms with Gasteiger partial charge in [0.05, 0.1) is 6.04 Å². The number of hydrogen-bond donors (Lipinski definition) is 1. The SMILES string of the molecule is Cc1ccc([C@@H](C)NC(=O)COc2cc(C)cc(C)c2C)c(C)c1. The maximum Gasteiger partial charge on any atom is 0.258 e. The molecule has 0 spiro atoms. The summed E-state index contributed by atoms with van der Waals surface area (Å²) >= 11 is 0. The summed E-state index contributed by atoms with van der Waals surface area (Å²) in [6, 6.07) is 10.3. The van der Waals surface area contributed by atoms with E-state index in [2.05, 4.69) is 50.4 Å². The Balaban J connectivity index is 1.98. The predicted octanol–water partition coefficient (Wildman–Crippen LogP) is 4.48. The van der Waals surface area contributed by atoms with Crippen molar-refractivity contribution in [1.29, 1.82) is 0 Å². The van der Waals surface area contributed by atoms with Gasteiger partial charge in [0.25, 0.3) is 5.91 Å². The zero-order valence-corrected chi connectivity index (χ0v) is 15.5. The quantitative estimate of drug-likeness (QED) is 0.880. The minimum Gasteiger partial charge on any atom is -0.483 e. The van der Waals surface area contributed by atoms with Gasteiger partial charge in [0.1, 0.15) is 5.75 Å². The third-order valence-corrected chi connectivity index (χ3v) is 4.39. The molecule has 0 unspecified atom stereocenters. The van der Waals surface area contributed by atoms with Crippen LogP contribution in [-0.4, -0.2) is 12.5 Å². The smallest absolute Gasteiger partial charge is 0.258 e. The molecule has 24 heavy (non-hydrogen) atoms. The van der Waals surface area contributed by atoms with Crippen molar-refractivity contribution in [3.05, 3.63) is 63.7 Å². The van der Waals surface area contributed by atoms with E-state index in [1.54, 1.807) is 0 Å². The number of aryl methyl sites for hydroxylation is 4. The van der Waals surface area contributed by atoms with Crippen molar-refractivity contribution in [1.82, 2.24) is 5.32 Å². The van der Waals surface area contributed by atoms with E-state index in [4.69, 9.17) is 4.74 Å². The van der Waals surface area contributed by atoms with Crippen molar-refractivity contribution < 1.29 is 9.53 Å². The van der Waals surface area contributed by atoms with Gasteiger partial charge in [0.2, 0.25) is 0 Å². The molecule has 0 saturated heterocycles. The highest BCUT2D eigenvalue weighted by atomic mass is 16.5. The molecule has 128 valence electrons. The maximum absolute atomic E-state index is 12.2. The van der Waals surface area contributed by atoms with Crippen molar-refractivity contribution in [3.63, 3.8) is 0 Å². The van der Waals surface area contributed by atoms with Crippen molar-refractivity contribution in [2.24, 2.45) is 0 Å². The molecular formula is C21H27NO2. The Morgan fingerprint density at radius 1 is 1.00 bits per heavy atom. The molecule has 1 amide bonds. The predicted molar refractivity (Wildman–Crippen MR) is 98.6 cm³/mol. The minimum atomic E-state index is -0.110. The largest absolute Gasteiger partial charge is 0.483 e. The number of amides is 1. The summed E-state index contributed by atoms with van der Waals surface area (Å²) in [5.74, 6) is 0.669. The number of hydrogen-bond acceptors (Lipinski definition) is 2. The summed E-state index contributed by atoms with van der Waals surface area (Å²) in [5, 5.41) is 3.01. The third-order valence-electron chi connectivity index (χ3n) is 4.39. The van der Waals surface area contributed by atoms with Crippen LogP contribution in [0.15, 0.2) is 30.3 Å². The van der Waals surface area contributed by atoms with E-state index in [1.165, 1.54) is 16.7 Å². The fraction of sp³-hybridized carbons (Fsp3) is 0.381. The van der Waals surface area contributed by atoms with Gasteiger partial charge in [-0.05, 0) is 75.4 Å². The van der Waals surface area contributed by atoms with Gasteiger partial charge in [-0.15, -0.1) is 0 Å². The standard InChI is InChI=1S/C21H27NO2/c1-13-7-8-19(16(4)9-13)18(6)22-21(23)12-24-20-11-14(2)10-15(3)17(20)5/h7-11,18H,12H2,1-6H3,(H,22,23)/t18-/m1/s1. The average Bonchev–Trinajstić information content (AvgIpc) is 2.49. The number of benzene rings is 2. The van der Waals surface area contributed by atoms with Crippen LogP contribution in [0.2, 0.25) is 0 Å². The topological polar surface area (TPSA) is 38.3 Å². The van der Waals surface area contributed by atoms with Gasteiger partial charge in [-0.3, -0.25) is 4.79 Å². The van der Waals surface area contributed by atoms with Crippen molar-refractivity contribution in [3.8, 4) is 5.75 Å². The fourth-order valence-electron chi connectivity index (χ4n) is 2.97. The first kappa shape index (κ1) is 18.1. The van der Waals surface area contributed by atoms with E-state index in [1.807, 2.05) is 26.8 Å². The van der Waals surface area contributed by atoms with Crippen LogP contribution in [0.25, 0.3) is 0 Å². The van der Waals surface area contributed by atoms with Crippen molar-refractivity contribution in [2.45, 2.75) is 47.6 Å². The lowest BCUT2D eigenvalue weighted by atomic mass is 10.0. The molecule has 1 N–H and O–H groups in total. The van der Waals surface area contributed by atoms with Crippen LogP contribution >= 0.6 is 0 Å². The van der Waals surface area contributed by atoms with E-state index in [9.17, 15) is 4.79 Å². The minimum absolute atomic E-state index is 0.0268. The Kier molecular flexibility index (Phi) is 5.66. The molecule has 2 aromatic carbocycles. The van der Waals surface area contributed by atoms with Gasteiger partial charge in [-0.2, -0.15) is 0 Å². The first-order valence-electron chi connectivity index (χ1n) is 8.35. The van der Waals surface area contributed by atoms with Crippen LogP contribution in [0, 0.1) is 34.6 Å². The molecule has 0 aliphatic carbocycles. The molecule has 0 fully saturated rings. The number of nitrogens with one attached hydrogen (secondary N) is 1. The molecular weight excluding hydrogens is 298 g/mol. The lowest BCUT2D eigenvalue weighted by Crippen LogP contribution is -2.31. The Hall–Kier alpha value is -2.29. The molecule has 1 atom stereocenters. The molecule has 3 nitrogen and oxygen atoms in total. The molecule has 0 aromatic heterocycles. The second-order valence-electron chi connectivity index (χ2n) is 6.64. The Morgan fingerprint density at radius 2 is 1.67 bits per heavy atom. The normalized spacial score (nSPS) is 11.9. The summed E-state index contributed by atoms with van der Waals surface area (Å²) in [4.78, 5) is 12.2.